The van der Waals surface area contributed by atoms with Gasteiger partial charge in [0.05, 0.1) is 11.2 Å². The quantitative estimate of drug-likeness (QED) is 0.868. The summed E-state index contributed by atoms with van der Waals surface area (Å²) in [5, 5.41) is 1.76. The van der Waals surface area contributed by atoms with Crippen molar-refractivity contribution < 1.29 is 18.1 Å². The summed E-state index contributed by atoms with van der Waals surface area (Å²) in [6.07, 6.45) is -2.57. The average Bonchev–Trinajstić information content (AvgIpc) is 2.81. The summed E-state index contributed by atoms with van der Waals surface area (Å²) in [5.41, 5.74) is 5.30. The van der Waals surface area contributed by atoms with Gasteiger partial charge >= 0.3 is 7.12 Å². The Hall–Kier alpha value is -0.495. The summed E-state index contributed by atoms with van der Waals surface area (Å²) in [4.78, 5) is 0.444. The second kappa shape index (κ2) is 4.80. The minimum Gasteiger partial charge on any atom is -0.399 e. The maximum Gasteiger partial charge on any atom is 0.495 e. The molecule has 7 heteroatoms. The van der Waals surface area contributed by atoms with E-state index in [2.05, 4.69) is 0 Å². The highest BCUT2D eigenvalue weighted by molar-refractivity contribution is 7.11. The molecule has 1 fully saturated rings. The summed E-state index contributed by atoms with van der Waals surface area (Å²) in [5.74, 6) is 0. The van der Waals surface area contributed by atoms with Crippen LogP contribution in [0, 0.1) is 0 Å². The fourth-order valence-corrected chi connectivity index (χ4v) is 2.69. The molecule has 0 aromatic carbocycles. The first-order valence-corrected chi connectivity index (χ1v) is 7.00. The molecule has 0 spiro atoms. The van der Waals surface area contributed by atoms with Crippen LogP contribution >= 0.6 is 11.3 Å². The standard InChI is InChI=1S/C12H18BF2NO2S/c1-11(2)12(3,4)18-13(17-11)7-5-8(19-6-7)9(16)10(14)15/h5-6,9-10H,16H2,1-4H3. The molecule has 1 aliphatic heterocycles. The molecule has 1 aromatic rings. The third-order valence-corrected chi connectivity index (χ3v) is 4.82. The van der Waals surface area contributed by atoms with Gasteiger partial charge in [0.1, 0.15) is 6.04 Å². The summed E-state index contributed by atoms with van der Waals surface area (Å²) in [6.45, 7) is 7.80. The number of nitrogens with two attached hydrogens (primary N) is 1. The predicted octanol–water partition coefficient (Wildman–Crippen LogP) is 2.31. The highest BCUT2D eigenvalue weighted by Gasteiger charge is 2.52. The summed E-state index contributed by atoms with van der Waals surface area (Å²) in [7, 11) is -0.528. The van der Waals surface area contributed by atoms with Crippen molar-refractivity contribution in [2.24, 2.45) is 5.73 Å². The molecule has 106 valence electrons. The first-order chi connectivity index (χ1) is 8.64. The number of rotatable bonds is 3. The molecule has 1 aliphatic rings. The van der Waals surface area contributed by atoms with Gasteiger partial charge in [-0.2, -0.15) is 0 Å². The van der Waals surface area contributed by atoms with Gasteiger partial charge in [-0.1, -0.05) is 0 Å². The number of alkyl halides is 2. The molecule has 0 saturated carbocycles. The fourth-order valence-electron chi connectivity index (χ4n) is 1.77. The van der Waals surface area contributed by atoms with E-state index in [1.165, 1.54) is 11.3 Å². The van der Waals surface area contributed by atoms with Gasteiger partial charge in [-0.3, -0.25) is 0 Å². The minimum absolute atomic E-state index is 0.440. The van der Waals surface area contributed by atoms with Gasteiger partial charge < -0.3 is 15.0 Å². The molecular weight excluding hydrogens is 271 g/mol. The minimum atomic E-state index is -2.57. The van der Waals surface area contributed by atoms with Crippen molar-refractivity contribution in [1.82, 2.24) is 0 Å². The van der Waals surface area contributed by atoms with Crippen LogP contribution in [0.15, 0.2) is 11.4 Å². The summed E-state index contributed by atoms with van der Waals surface area (Å²) in [6, 6.07) is 0.394. The topological polar surface area (TPSA) is 44.5 Å². The Bertz CT molecular complexity index is 448. The Morgan fingerprint density at radius 1 is 1.21 bits per heavy atom. The molecule has 0 aliphatic carbocycles. The Kier molecular flexibility index (Phi) is 3.77. The van der Waals surface area contributed by atoms with Gasteiger partial charge in [0.2, 0.25) is 0 Å². The molecule has 2 rings (SSSR count). The first kappa shape index (κ1) is 14.9. The molecule has 19 heavy (non-hydrogen) atoms. The molecule has 1 atom stereocenters. The molecule has 1 aromatic heterocycles. The van der Waals surface area contributed by atoms with Crippen molar-refractivity contribution >= 4 is 23.9 Å². The molecule has 0 bridgehead atoms. The Balaban J connectivity index is 2.17. The van der Waals surface area contributed by atoms with Crippen LogP contribution in [0.4, 0.5) is 8.78 Å². The van der Waals surface area contributed by atoms with Gasteiger partial charge in [-0.25, -0.2) is 8.78 Å². The predicted molar refractivity (Wildman–Crippen MR) is 73.0 cm³/mol. The molecule has 0 radical (unpaired) electrons. The van der Waals surface area contributed by atoms with E-state index >= 15 is 0 Å². The Morgan fingerprint density at radius 2 is 1.74 bits per heavy atom. The lowest BCUT2D eigenvalue weighted by molar-refractivity contribution is 0.00578. The second-order valence-electron chi connectivity index (χ2n) is 5.73. The van der Waals surface area contributed by atoms with Crippen molar-refractivity contribution in [3.8, 4) is 0 Å². The van der Waals surface area contributed by atoms with Gasteiger partial charge in [0.15, 0.2) is 0 Å². The van der Waals surface area contributed by atoms with E-state index in [4.69, 9.17) is 15.0 Å². The summed E-state index contributed by atoms with van der Waals surface area (Å²) < 4.78 is 36.9. The second-order valence-corrected chi connectivity index (χ2v) is 6.67. The third kappa shape index (κ3) is 2.70. The van der Waals surface area contributed by atoms with Crippen LogP contribution in [-0.2, 0) is 9.31 Å². The Labute approximate surface area is 116 Å². The lowest BCUT2D eigenvalue weighted by Gasteiger charge is -2.32. The number of hydrogen-bond acceptors (Lipinski definition) is 4. The number of thiophene rings is 1. The van der Waals surface area contributed by atoms with Crippen molar-refractivity contribution in [2.45, 2.75) is 51.4 Å². The zero-order valence-corrected chi connectivity index (χ0v) is 12.3. The third-order valence-electron chi connectivity index (χ3n) is 3.77. The van der Waals surface area contributed by atoms with E-state index in [0.717, 1.165) is 5.46 Å². The average molecular weight is 289 g/mol. The molecule has 0 amide bonds. The highest BCUT2D eigenvalue weighted by atomic mass is 32.1. The van der Waals surface area contributed by atoms with Gasteiger partial charge in [-0.15, -0.1) is 11.3 Å². The van der Waals surface area contributed by atoms with E-state index < -0.39 is 30.8 Å². The maximum absolute atomic E-state index is 12.6. The van der Waals surface area contributed by atoms with E-state index in [9.17, 15) is 8.78 Å². The van der Waals surface area contributed by atoms with Crippen LogP contribution < -0.4 is 11.2 Å². The van der Waals surface area contributed by atoms with Crippen LogP contribution in [0.2, 0.25) is 0 Å². The lowest BCUT2D eigenvalue weighted by atomic mass is 9.81. The Morgan fingerprint density at radius 3 is 2.21 bits per heavy atom. The molecule has 1 unspecified atom stereocenters. The first-order valence-electron chi connectivity index (χ1n) is 6.12. The van der Waals surface area contributed by atoms with Crippen LogP contribution in [0.25, 0.3) is 0 Å². The molecule has 3 nitrogen and oxygen atoms in total. The zero-order chi connectivity index (χ0) is 14.4. The van der Waals surface area contributed by atoms with E-state index in [-0.39, 0.29) is 0 Å². The maximum atomic E-state index is 12.6. The van der Waals surface area contributed by atoms with Crippen LogP contribution in [-0.4, -0.2) is 24.7 Å². The molecule has 2 N–H and O–H groups in total. The summed E-state index contributed by atoms with van der Waals surface area (Å²) >= 11 is 1.21. The molecule has 2 heterocycles. The van der Waals surface area contributed by atoms with Crippen molar-refractivity contribution in [3.63, 3.8) is 0 Å². The number of hydrogen-bond donors (Lipinski definition) is 1. The van der Waals surface area contributed by atoms with Crippen molar-refractivity contribution in [2.75, 3.05) is 0 Å². The lowest BCUT2D eigenvalue weighted by Crippen LogP contribution is -2.41. The van der Waals surface area contributed by atoms with Crippen LogP contribution in [0.3, 0.4) is 0 Å². The van der Waals surface area contributed by atoms with E-state index in [1.807, 2.05) is 27.7 Å². The molecule has 1 saturated heterocycles. The van der Waals surface area contributed by atoms with Gasteiger partial charge in [-0.05, 0) is 44.6 Å². The fraction of sp³-hybridized carbons (Fsp3) is 0.667. The van der Waals surface area contributed by atoms with Crippen molar-refractivity contribution in [1.29, 1.82) is 0 Å². The van der Waals surface area contributed by atoms with E-state index in [0.29, 0.717) is 4.88 Å². The van der Waals surface area contributed by atoms with E-state index in [1.54, 1.807) is 11.4 Å². The molecular formula is C12H18BF2NO2S. The normalized spacial score (nSPS) is 23.1. The van der Waals surface area contributed by atoms with Crippen LogP contribution in [0.5, 0.6) is 0 Å². The monoisotopic (exact) mass is 289 g/mol. The van der Waals surface area contributed by atoms with Gasteiger partial charge in [0.25, 0.3) is 6.43 Å². The smallest absolute Gasteiger partial charge is 0.399 e. The zero-order valence-electron chi connectivity index (χ0n) is 11.4. The number of halogens is 2. The van der Waals surface area contributed by atoms with Crippen LogP contribution in [0.1, 0.15) is 38.6 Å². The highest BCUT2D eigenvalue weighted by Crippen LogP contribution is 2.37. The van der Waals surface area contributed by atoms with Crippen molar-refractivity contribution in [3.05, 3.63) is 16.3 Å². The largest absolute Gasteiger partial charge is 0.495 e. The SMILES string of the molecule is CC1(C)OB(c2csc(C(N)C(F)F)c2)OC1(C)C. The van der Waals surface area contributed by atoms with Gasteiger partial charge in [0, 0.05) is 4.88 Å².